The Balaban J connectivity index is 0.00000385. The van der Waals surface area contributed by atoms with Crippen molar-refractivity contribution in [1.82, 2.24) is 15.5 Å². The van der Waals surface area contributed by atoms with E-state index in [4.69, 9.17) is 0 Å². The number of aliphatic imine (C=N–C) groups is 1. The van der Waals surface area contributed by atoms with Crippen LogP contribution in [0.25, 0.3) is 0 Å². The minimum atomic E-state index is -2.88. The maximum atomic E-state index is 12.6. The van der Waals surface area contributed by atoms with Gasteiger partial charge in [-0.2, -0.15) is 8.78 Å². The molecular formula is C24H31F2IN4O2. The highest BCUT2D eigenvalue weighted by molar-refractivity contribution is 14.0. The van der Waals surface area contributed by atoms with Gasteiger partial charge in [0.25, 0.3) is 0 Å². The Morgan fingerprint density at radius 2 is 1.85 bits per heavy atom. The van der Waals surface area contributed by atoms with Crippen molar-refractivity contribution in [2.45, 2.75) is 45.9 Å². The molecule has 3 rings (SSSR count). The Bertz CT molecular complexity index is 927. The quantitative estimate of drug-likeness (QED) is 0.203. The monoisotopic (exact) mass is 572 g/mol. The molecule has 2 N–H and O–H groups in total. The molecule has 2 aromatic carbocycles. The molecule has 2 aromatic rings. The van der Waals surface area contributed by atoms with Crippen LogP contribution in [0.4, 0.5) is 8.78 Å². The lowest BCUT2D eigenvalue weighted by molar-refractivity contribution is -0.132. The van der Waals surface area contributed by atoms with Crippen LogP contribution in [0.3, 0.4) is 0 Å². The predicted molar refractivity (Wildman–Crippen MR) is 136 cm³/mol. The molecule has 1 amide bonds. The van der Waals surface area contributed by atoms with E-state index < -0.39 is 6.61 Å². The van der Waals surface area contributed by atoms with E-state index in [1.54, 1.807) is 18.2 Å². The molecule has 0 saturated carbocycles. The second kappa shape index (κ2) is 14.0. The van der Waals surface area contributed by atoms with E-state index in [1.807, 2.05) is 24.0 Å². The van der Waals surface area contributed by atoms with Crippen LogP contribution in [-0.4, -0.2) is 43.0 Å². The van der Waals surface area contributed by atoms with E-state index in [0.717, 1.165) is 13.0 Å². The van der Waals surface area contributed by atoms with Crippen LogP contribution in [0.1, 0.15) is 36.5 Å². The summed E-state index contributed by atoms with van der Waals surface area (Å²) in [6, 6.07) is 14.9. The molecule has 33 heavy (non-hydrogen) atoms. The average Bonchev–Trinajstić information content (AvgIpc) is 2.80. The number of hydrogen-bond acceptors (Lipinski definition) is 3. The van der Waals surface area contributed by atoms with Crippen molar-refractivity contribution in [2.24, 2.45) is 4.99 Å². The summed E-state index contributed by atoms with van der Waals surface area (Å²) in [5.41, 5.74) is 3.12. The van der Waals surface area contributed by atoms with Crippen LogP contribution in [0.2, 0.25) is 0 Å². The fourth-order valence-corrected chi connectivity index (χ4v) is 3.66. The number of rotatable bonds is 9. The zero-order chi connectivity index (χ0) is 22.8. The van der Waals surface area contributed by atoms with Gasteiger partial charge in [0.05, 0.1) is 6.54 Å². The molecule has 0 bridgehead atoms. The van der Waals surface area contributed by atoms with Crippen molar-refractivity contribution >= 4 is 35.8 Å². The Morgan fingerprint density at radius 1 is 1.12 bits per heavy atom. The van der Waals surface area contributed by atoms with E-state index in [1.165, 1.54) is 17.2 Å². The second-order valence-electron chi connectivity index (χ2n) is 7.55. The number of nitrogens with one attached hydrogen (secondary N) is 2. The number of amides is 1. The first-order chi connectivity index (χ1) is 15.6. The lowest BCUT2D eigenvalue weighted by Crippen LogP contribution is -2.39. The largest absolute Gasteiger partial charge is 0.434 e. The Kier molecular flexibility index (Phi) is 11.4. The van der Waals surface area contributed by atoms with Crippen molar-refractivity contribution < 1.29 is 18.3 Å². The summed E-state index contributed by atoms with van der Waals surface area (Å²) in [4.78, 5) is 19.0. The first kappa shape index (κ1) is 26.8. The van der Waals surface area contributed by atoms with E-state index >= 15 is 0 Å². The SMILES string of the molecule is CCNC(=NCc1ccccc1OC(F)F)NCCCC(=O)N1CCc2ccccc2C1.I. The van der Waals surface area contributed by atoms with Gasteiger partial charge in [0.2, 0.25) is 5.91 Å². The molecule has 0 saturated heterocycles. The van der Waals surface area contributed by atoms with Gasteiger partial charge in [0.15, 0.2) is 5.96 Å². The molecular weight excluding hydrogens is 541 g/mol. The maximum Gasteiger partial charge on any atom is 0.387 e. The number of hydrogen-bond donors (Lipinski definition) is 2. The van der Waals surface area contributed by atoms with Crippen LogP contribution < -0.4 is 15.4 Å². The average molecular weight is 572 g/mol. The number of alkyl halides is 2. The highest BCUT2D eigenvalue weighted by Gasteiger charge is 2.19. The van der Waals surface area contributed by atoms with Gasteiger partial charge in [0.1, 0.15) is 5.75 Å². The first-order valence-corrected chi connectivity index (χ1v) is 11.0. The summed E-state index contributed by atoms with van der Waals surface area (Å²) >= 11 is 0. The molecule has 1 aliphatic heterocycles. The topological polar surface area (TPSA) is 66.0 Å². The van der Waals surface area contributed by atoms with Crippen molar-refractivity contribution in [3.05, 3.63) is 65.2 Å². The second-order valence-corrected chi connectivity index (χ2v) is 7.55. The molecule has 6 nitrogen and oxygen atoms in total. The van der Waals surface area contributed by atoms with Gasteiger partial charge in [0, 0.05) is 38.2 Å². The number of ether oxygens (including phenoxy) is 1. The fourth-order valence-electron chi connectivity index (χ4n) is 3.66. The van der Waals surface area contributed by atoms with Crippen LogP contribution in [0.15, 0.2) is 53.5 Å². The molecule has 0 spiro atoms. The summed E-state index contributed by atoms with van der Waals surface area (Å²) < 4.78 is 29.7. The third-order valence-electron chi connectivity index (χ3n) is 5.28. The van der Waals surface area contributed by atoms with Gasteiger partial charge < -0.3 is 20.3 Å². The standard InChI is InChI=1S/C24H30F2N4O2.HI/c1-2-27-24(29-16-19-9-5-6-11-21(19)32-23(25)26)28-14-7-12-22(31)30-15-13-18-8-3-4-10-20(18)17-30;/h3-6,8-11,23H,2,7,12-17H2,1H3,(H2,27,28,29);1H. The lowest BCUT2D eigenvalue weighted by atomic mass is 9.99. The van der Waals surface area contributed by atoms with Crippen LogP contribution in [-0.2, 0) is 24.3 Å². The predicted octanol–water partition coefficient (Wildman–Crippen LogP) is 4.33. The van der Waals surface area contributed by atoms with Gasteiger partial charge in [-0.15, -0.1) is 24.0 Å². The minimum Gasteiger partial charge on any atom is -0.434 e. The minimum absolute atomic E-state index is 0. The Morgan fingerprint density at radius 3 is 2.61 bits per heavy atom. The molecule has 0 atom stereocenters. The molecule has 0 radical (unpaired) electrons. The molecule has 0 aromatic heterocycles. The molecule has 9 heteroatoms. The molecule has 0 fully saturated rings. The van der Waals surface area contributed by atoms with E-state index in [2.05, 4.69) is 32.5 Å². The van der Waals surface area contributed by atoms with Crippen molar-refractivity contribution in [3.63, 3.8) is 0 Å². The number of carbonyl (C=O) groups excluding carboxylic acids is 1. The number of halogens is 3. The summed E-state index contributed by atoms with van der Waals surface area (Å²) in [5, 5.41) is 6.33. The fraction of sp³-hybridized carbons (Fsp3) is 0.417. The van der Waals surface area contributed by atoms with E-state index in [9.17, 15) is 13.6 Å². The van der Waals surface area contributed by atoms with Crippen LogP contribution in [0, 0.1) is 0 Å². The zero-order valence-electron chi connectivity index (χ0n) is 18.7. The summed E-state index contributed by atoms with van der Waals surface area (Å²) in [6.45, 7) is 1.94. The van der Waals surface area contributed by atoms with Gasteiger partial charge in [-0.05, 0) is 37.0 Å². The Hall–Kier alpha value is -2.43. The van der Waals surface area contributed by atoms with Gasteiger partial charge >= 0.3 is 6.61 Å². The third kappa shape index (κ3) is 8.45. The summed E-state index contributed by atoms with van der Waals surface area (Å²) in [5.74, 6) is 0.843. The first-order valence-electron chi connectivity index (χ1n) is 11.0. The van der Waals surface area contributed by atoms with Gasteiger partial charge in [-0.25, -0.2) is 4.99 Å². The number of guanidine groups is 1. The molecule has 1 aliphatic rings. The van der Waals surface area contributed by atoms with Crippen LogP contribution >= 0.6 is 24.0 Å². The highest BCUT2D eigenvalue weighted by atomic mass is 127. The number of para-hydroxylation sites is 1. The molecule has 0 aliphatic carbocycles. The molecule has 1 heterocycles. The number of fused-ring (bicyclic) bond motifs is 1. The third-order valence-corrected chi connectivity index (χ3v) is 5.28. The van der Waals surface area contributed by atoms with E-state index in [-0.39, 0.29) is 42.2 Å². The normalized spacial score (nSPS) is 13.2. The Labute approximate surface area is 210 Å². The number of nitrogens with zero attached hydrogens (tertiary/aromatic N) is 2. The summed E-state index contributed by atoms with van der Waals surface area (Å²) in [7, 11) is 0. The number of carbonyl (C=O) groups is 1. The maximum absolute atomic E-state index is 12.6. The smallest absolute Gasteiger partial charge is 0.387 e. The number of benzene rings is 2. The molecule has 0 unspecified atom stereocenters. The molecule has 180 valence electrons. The zero-order valence-corrected chi connectivity index (χ0v) is 21.1. The van der Waals surface area contributed by atoms with Crippen molar-refractivity contribution in [1.29, 1.82) is 0 Å². The van der Waals surface area contributed by atoms with Gasteiger partial charge in [-0.1, -0.05) is 42.5 Å². The van der Waals surface area contributed by atoms with Crippen molar-refractivity contribution in [2.75, 3.05) is 19.6 Å². The lowest BCUT2D eigenvalue weighted by Gasteiger charge is -2.29. The van der Waals surface area contributed by atoms with E-state index in [0.29, 0.717) is 44.0 Å². The summed E-state index contributed by atoms with van der Waals surface area (Å²) in [6.07, 6.45) is 2.03. The highest BCUT2D eigenvalue weighted by Crippen LogP contribution is 2.21. The van der Waals surface area contributed by atoms with Crippen LogP contribution in [0.5, 0.6) is 5.75 Å². The van der Waals surface area contributed by atoms with Crippen molar-refractivity contribution in [3.8, 4) is 5.75 Å². The van der Waals surface area contributed by atoms with Gasteiger partial charge in [-0.3, -0.25) is 4.79 Å².